The maximum Gasteiger partial charge on any atom is 0.324 e. The van der Waals surface area contributed by atoms with Crippen LogP contribution in [0.4, 0.5) is 0 Å². The molecule has 0 aliphatic rings. The predicted molar refractivity (Wildman–Crippen MR) is 63.0 cm³/mol. The molecule has 9 heteroatoms. The van der Waals surface area contributed by atoms with E-state index in [4.69, 9.17) is 16.7 Å². The molecule has 1 rings (SSSR count). The van der Waals surface area contributed by atoms with E-state index in [1.807, 2.05) is 4.72 Å². The van der Waals surface area contributed by atoms with Crippen LogP contribution < -0.4 is 4.72 Å². The van der Waals surface area contributed by atoms with Gasteiger partial charge in [-0.05, 0) is 12.1 Å². The molecule has 0 saturated heterocycles. The lowest BCUT2D eigenvalue weighted by molar-refractivity contribution is -0.140. The van der Waals surface area contributed by atoms with Crippen LogP contribution in [0.25, 0.3) is 0 Å². The molecule has 0 aliphatic carbocycles. The van der Waals surface area contributed by atoms with Gasteiger partial charge in [0.15, 0.2) is 0 Å². The number of aliphatic carboxylic acids is 1. The first-order valence-electron chi connectivity index (χ1n) is 4.36. The summed E-state index contributed by atoms with van der Waals surface area (Å²) in [4.78, 5) is 10.8. The number of halogens is 1. The minimum atomic E-state index is -3.88. The number of nitrogens with one attached hydrogen (secondary N) is 1. The fourth-order valence-corrected chi connectivity index (χ4v) is 3.68. The maximum atomic E-state index is 11.8. The molecule has 0 radical (unpaired) electrons. The standard InChI is InChI=1S/C8H10ClNO5S2/c1-15-4-5(8(11)12)10-17(13,14)7-3-2-6(9)16-7/h2-3,5,10H,4H2,1H3,(H,11,12). The van der Waals surface area contributed by atoms with E-state index < -0.39 is 22.0 Å². The Morgan fingerprint density at radius 1 is 1.65 bits per heavy atom. The molecule has 0 saturated carbocycles. The number of ether oxygens (including phenoxy) is 1. The number of carboxylic acid groups (broad SMARTS) is 1. The highest BCUT2D eigenvalue weighted by molar-refractivity contribution is 7.91. The first kappa shape index (κ1) is 14.4. The van der Waals surface area contributed by atoms with Crippen molar-refractivity contribution in [1.82, 2.24) is 4.72 Å². The SMILES string of the molecule is COCC(NS(=O)(=O)c1ccc(Cl)s1)C(=O)O. The Morgan fingerprint density at radius 2 is 2.29 bits per heavy atom. The van der Waals surface area contributed by atoms with Gasteiger partial charge in [0.05, 0.1) is 10.9 Å². The zero-order valence-corrected chi connectivity index (χ0v) is 11.1. The van der Waals surface area contributed by atoms with Crippen LogP contribution in [0.5, 0.6) is 0 Å². The fourth-order valence-electron chi connectivity index (χ4n) is 1.01. The molecule has 2 N–H and O–H groups in total. The second-order valence-electron chi connectivity index (χ2n) is 3.03. The highest BCUT2D eigenvalue weighted by atomic mass is 35.5. The summed E-state index contributed by atoms with van der Waals surface area (Å²) in [6.45, 7) is -0.256. The number of methoxy groups -OCH3 is 1. The van der Waals surface area contributed by atoms with Crippen molar-refractivity contribution >= 4 is 38.9 Å². The van der Waals surface area contributed by atoms with E-state index in [-0.39, 0.29) is 10.8 Å². The average Bonchev–Trinajstić information content (AvgIpc) is 2.64. The van der Waals surface area contributed by atoms with E-state index in [0.29, 0.717) is 4.34 Å². The number of thiophene rings is 1. The van der Waals surface area contributed by atoms with Crippen LogP contribution in [-0.2, 0) is 19.6 Å². The van der Waals surface area contributed by atoms with Crippen molar-refractivity contribution in [2.45, 2.75) is 10.3 Å². The number of rotatable bonds is 6. The van der Waals surface area contributed by atoms with Gasteiger partial charge in [0.25, 0.3) is 10.0 Å². The third-order valence-electron chi connectivity index (χ3n) is 1.74. The summed E-state index contributed by atoms with van der Waals surface area (Å²) in [5.74, 6) is -1.31. The van der Waals surface area contributed by atoms with Gasteiger partial charge in [-0.1, -0.05) is 11.6 Å². The molecule has 1 aromatic heterocycles. The Bertz CT molecular complexity index is 498. The van der Waals surface area contributed by atoms with Crippen molar-refractivity contribution in [2.24, 2.45) is 0 Å². The molecule has 0 fully saturated rings. The topological polar surface area (TPSA) is 92.7 Å². The summed E-state index contributed by atoms with van der Waals surface area (Å²) in [6, 6.07) is 1.40. The average molecular weight is 300 g/mol. The Morgan fingerprint density at radius 3 is 2.71 bits per heavy atom. The van der Waals surface area contributed by atoms with Crippen LogP contribution in [0, 0.1) is 0 Å². The Hall–Kier alpha value is -0.670. The lowest BCUT2D eigenvalue weighted by Gasteiger charge is -2.12. The zero-order valence-electron chi connectivity index (χ0n) is 8.71. The highest BCUT2D eigenvalue weighted by Gasteiger charge is 2.26. The van der Waals surface area contributed by atoms with E-state index >= 15 is 0 Å². The lowest BCUT2D eigenvalue weighted by Crippen LogP contribution is -2.43. The number of sulfonamides is 1. The zero-order chi connectivity index (χ0) is 13.1. The third-order valence-corrected chi connectivity index (χ3v) is 4.94. The molecule has 0 spiro atoms. The van der Waals surface area contributed by atoms with Crippen molar-refractivity contribution in [2.75, 3.05) is 13.7 Å². The van der Waals surface area contributed by atoms with Gasteiger partial charge in [-0.3, -0.25) is 4.79 Å². The van der Waals surface area contributed by atoms with Crippen molar-refractivity contribution in [3.8, 4) is 0 Å². The Kier molecular flexibility index (Phi) is 4.90. The number of hydrogen-bond acceptors (Lipinski definition) is 5. The minimum Gasteiger partial charge on any atom is -0.480 e. The van der Waals surface area contributed by atoms with Crippen LogP contribution >= 0.6 is 22.9 Å². The molecule has 96 valence electrons. The molecule has 0 aliphatic heterocycles. The fraction of sp³-hybridized carbons (Fsp3) is 0.375. The van der Waals surface area contributed by atoms with Crippen molar-refractivity contribution < 1.29 is 23.1 Å². The second-order valence-corrected chi connectivity index (χ2v) is 6.68. The van der Waals surface area contributed by atoms with Crippen molar-refractivity contribution in [3.63, 3.8) is 0 Å². The lowest BCUT2D eigenvalue weighted by atomic mass is 10.3. The van der Waals surface area contributed by atoms with Crippen LogP contribution in [0.3, 0.4) is 0 Å². The molecule has 6 nitrogen and oxygen atoms in total. The smallest absolute Gasteiger partial charge is 0.324 e. The summed E-state index contributed by atoms with van der Waals surface area (Å²) < 4.78 is 30.4. The largest absolute Gasteiger partial charge is 0.480 e. The van der Waals surface area contributed by atoms with Gasteiger partial charge in [0.2, 0.25) is 0 Å². The van der Waals surface area contributed by atoms with E-state index in [2.05, 4.69) is 4.74 Å². The van der Waals surface area contributed by atoms with Crippen molar-refractivity contribution in [3.05, 3.63) is 16.5 Å². The Labute approximate surface area is 107 Å². The van der Waals surface area contributed by atoms with Crippen molar-refractivity contribution in [1.29, 1.82) is 0 Å². The van der Waals surface area contributed by atoms with Gasteiger partial charge in [-0.25, -0.2) is 8.42 Å². The summed E-state index contributed by atoms with van der Waals surface area (Å²) in [5, 5.41) is 8.79. The second kappa shape index (κ2) is 5.78. The molecular formula is C8H10ClNO5S2. The molecule has 0 aromatic carbocycles. The monoisotopic (exact) mass is 299 g/mol. The van der Waals surface area contributed by atoms with Gasteiger partial charge in [-0.15, -0.1) is 11.3 Å². The number of carboxylic acids is 1. The van der Waals surface area contributed by atoms with Crippen LogP contribution in [-0.4, -0.2) is 39.3 Å². The molecular weight excluding hydrogens is 290 g/mol. The normalized spacial score (nSPS) is 13.5. The van der Waals surface area contributed by atoms with E-state index in [1.165, 1.54) is 19.2 Å². The maximum absolute atomic E-state index is 11.8. The van der Waals surface area contributed by atoms with Gasteiger partial charge in [0, 0.05) is 7.11 Å². The Balaban J connectivity index is 2.88. The quantitative estimate of drug-likeness (QED) is 0.810. The number of hydrogen-bond donors (Lipinski definition) is 2. The molecule has 0 amide bonds. The van der Waals surface area contributed by atoms with E-state index in [0.717, 1.165) is 11.3 Å². The van der Waals surface area contributed by atoms with Gasteiger partial charge in [-0.2, -0.15) is 4.72 Å². The van der Waals surface area contributed by atoms with Crippen LogP contribution in [0.1, 0.15) is 0 Å². The third kappa shape index (κ3) is 3.93. The van der Waals surface area contributed by atoms with Gasteiger partial charge >= 0.3 is 5.97 Å². The summed E-state index contributed by atoms with van der Waals surface area (Å²) >= 11 is 6.46. The molecule has 1 heterocycles. The highest BCUT2D eigenvalue weighted by Crippen LogP contribution is 2.25. The van der Waals surface area contributed by atoms with Crippen LogP contribution in [0.15, 0.2) is 16.3 Å². The first-order chi connectivity index (χ1) is 7.86. The first-order valence-corrected chi connectivity index (χ1v) is 7.04. The molecule has 17 heavy (non-hydrogen) atoms. The summed E-state index contributed by atoms with van der Waals surface area (Å²) in [5.41, 5.74) is 0. The van der Waals surface area contributed by atoms with Gasteiger partial charge < -0.3 is 9.84 Å². The molecule has 1 atom stereocenters. The molecule has 0 bridgehead atoms. The predicted octanol–water partition coefficient (Wildman–Crippen LogP) is 0.779. The van der Waals surface area contributed by atoms with Gasteiger partial charge in [0.1, 0.15) is 10.3 Å². The number of carbonyl (C=O) groups is 1. The van der Waals surface area contributed by atoms with E-state index in [9.17, 15) is 13.2 Å². The van der Waals surface area contributed by atoms with E-state index in [1.54, 1.807) is 0 Å². The molecule has 1 unspecified atom stereocenters. The van der Waals surface area contributed by atoms with Crippen LogP contribution in [0.2, 0.25) is 4.34 Å². The molecule has 1 aromatic rings. The summed E-state index contributed by atoms with van der Waals surface area (Å²) in [7, 11) is -2.60. The minimum absolute atomic E-state index is 0.0372. The summed E-state index contributed by atoms with van der Waals surface area (Å²) in [6.07, 6.45) is 0.